The van der Waals surface area contributed by atoms with Crippen molar-refractivity contribution < 1.29 is 14.2 Å². The van der Waals surface area contributed by atoms with Gasteiger partial charge in [-0.1, -0.05) is 17.7 Å². The molecule has 0 unspecified atom stereocenters. The number of hydrogen-bond acceptors (Lipinski definition) is 4. The summed E-state index contributed by atoms with van der Waals surface area (Å²) in [6.07, 6.45) is 1.81. The number of methoxy groups -OCH3 is 1. The predicted octanol–water partition coefficient (Wildman–Crippen LogP) is 2.37. The van der Waals surface area contributed by atoms with Gasteiger partial charge in [0.05, 0.1) is 19.8 Å². The van der Waals surface area contributed by atoms with E-state index in [2.05, 4.69) is 41.6 Å². The molecule has 0 bridgehead atoms. The first-order valence-corrected chi connectivity index (χ1v) is 9.04. The van der Waals surface area contributed by atoms with E-state index in [0.29, 0.717) is 19.8 Å². The van der Waals surface area contributed by atoms with Gasteiger partial charge in [0.2, 0.25) is 0 Å². The van der Waals surface area contributed by atoms with Crippen LogP contribution in [0.5, 0.6) is 5.75 Å². The van der Waals surface area contributed by atoms with Gasteiger partial charge in [0.15, 0.2) is 5.96 Å². The molecule has 1 aromatic carbocycles. The van der Waals surface area contributed by atoms with E-state index in [-0.39, 0.29) is 0 Å². The lowest BCUT2D eigenvalue weighted by molar-refractivity contribution is 0.0698. The molecule has 0 atom stereocenters. The average molecular weight is 351 g/mol. The number of ether oxygens (including phenoxy) is 3. The van der Waals surface area contributed by atoms with E-state index >= 15 is 0 Å². The van der Waals surface area contributed by atoms with Crippen LogP contribution in [-0.4, -0.2) is 59.1 Å². The number of hydrogen-bond donors (Lipinski definition) is 2. The Balaban J connectivity index is 2.13. The van der Waals surface area contributed by atoms with Crippen LogP contribution in [0.2, 0.25) is 0 Å². The molecule has 25 heavy (non-hydrogen) atoms. The fourth-order valence-corrected chi connectivity index (χ4v) is 2.05. The van der Waals surface area contributed by atoms with Crippen LogP contribution in [0, 0.1) is 6.92 Å². The van der Waals surface area contributed by atoms with Crippen molar-refractivity contribution in [2.75, 3.05) is 53.2 Å². The number of nitrogens with one attached hydrogen (secondary N) is 2. The Bertz CT molecular complexity index is 463. The normalized spacial score (nSPS) is 11.4. The van der Waals surface area contributed by atoms with Crippen molar-refractivity contribution in [3.63, 3.8) is 0 Å². The lowest BCUT2D eigenvalue weighted by Crippen LogP contribution is -2.38. The van der Waals surface area contributed by atoms with Crippen molar-refractivity contribution in [3.8, 4) is 5.75 Å². The molecule has 0 amide bonds. The Hall–Kier alpha value is -1.79. The highest BCUT2D eigenvalue weighted by Crippen LogP contribution is 2.11. The number of rotatable bonds is 13. The van der Waals surface area contributed by atoms with E-state index in [0.717, 1.165) is 50.8 Å². The largest absolute Gasteiger partial charge is 0.494 e. The van der Waals surface area contributed by atoms with Crippen LogP contribution in [0.3, 0.4) is 0 Å². The zero-order valence-electron chi connectivity index (χ0n) is 15.8. The Morgan fingerprint density at radius 3 is 2.52 bits per heavy atom. The number of benzene rings is 1. The first kappa shape index (κ1) is 21.3. The molecule has 1 rings (SSSR count). The summed E-state index contributed by atoms with van der Waals surface area (Å²) >= 11 is 0. The highest BCUT2D eigenvalue weighted by atomic mass is 16.5. The zero-order chi connectivity index (χ0) is 18.2. The van der Waals surface area contributed by atoms with Gasteiger partial charge in [-0.25, -0.2) is 0 Å². The summed E-state index contributed by atoms with van der Waals surface area (Å²) in [5.41, 5.74) is 1.24. The van der Waals surface area contributed by atoms with Crippen LogP contribution in [0.1, 0.15) is 25.3 Å². The summed E-state index contributed by atoms with van der Waals surface area (Å²) < 4.78 is 16.1. The Morgan fingerprint density at radius 2 is 1.80 bits per heavy atom. The van der Waals surface area contributed by atoms with Gasteiger partial charge in [0.25, 0.3) is 0 Å². The van der Waals surface area contributed by atoms with E-state index in [4.69, 9.17) is 14.2 Å². The van der Waals surface area contributed by atoms with Crippen LogP contribution >= 0.6 is 0 Å². The molecule has 1 aromatic rings. The SMILES string of the molecule is CCNC(=NCCCOc1ccc(C)cc1)NCCCOCCOC. The van der Waals surface area contributed by atoms with Gasteiger partial charge in [-0.15, -0.1) is 0 Å². The number of aliphatic imine (C=N–C) groups is 1. The highest BCUT2D eigenvalue weighted by molar-refractivity contribution is 5.79. The molecule has 0 fully saturated rings. The molecular formula is C19H33N3O3. The minimum absolute atomic E-state index is 0.641. The summed E-state index contributed by atoms with van der Waals surface area (Å²) in [5, 5.41) is 6.56. The summed E-state index contributed by atoms with van der Waals surface area (Å²) in [6, 6.07) is 8.11. The Morgan fingerprint density at radius 1 is 1.00 bits per heavy atom. The monoisotopic (exact) mass is 351 g/mol. The first-order valence-electron chi connectivity index (χ1n) is 9.04. The fourth-order valence-electron chi connectivity index (χ4n) is 2.05. The van der Waals surface area contributed by atoms with Gasteiger partial charge in [0, 0.05) is 39.8 Å². The van der Waals surface area contributed by atoms with Crippen molar-refractivity contribution in [2.45, 2.75) is 26.7 Å². The quantitative estimate of drug-likeness (QED) is 0.324. The molecule has 0 aliphatic rings. The summed E-state index contributed by atoms with van der Waals surface area (Å²) in [6.45, 7) is 9.21. The maximum Gasteiger partial charge on any atom is 0.191 e. The molecule has 0 radical (unpaired) electrons. The lowest BCUT2D eigenvalue weighted by Gasteiger charge is -2.11. The van der Waals surface area contributed by atoms with E-state index < -0.39 is 0 Å². The molecule has 6 heteroatoms. The van der Waals surface area contributed by atoms with Gasteiger partial charge in [-0.2, -0.15) is 0 Å². The molecular weight excluding hydrogens is 318 g/mol. The summed E-state index contributed by atoms with van der Waals surface area (Å²) in [7, 11) is 1.68. The van der Waals surface area contributed by atoms with Gasteiger partial charge in [-0.3, -0.25) is 4.99 Å². The molecule has 142 valence electrons. The minimum atomic E-state index is 0.641. The third-order valence-electron chi connectivity index (χ3n) is 3.40. The third kappa shape index (κ3) is 11.4. The second-order valence-electron chi connectivity index (χ2n) is 5.66. The van der Waals surface area contributed by atoms with Gasteiger partial charge in [0.1, 0.15) is 5.75 Å². The molecule has 0 heterocycles. The van der Waals surface area contributed by atoms with Crippen LogP contribution < -0.4 is 15.4 Å². The maximum atomic E-state index is 5.71. The van der Waals surface area contributed by atoms with Crippen molar-refractivity contribution in [2.24, 2.45) is 4.99 Å². The van der Waals surface area contributed by atoms with E-state index in [9.17, 15) is 0 Å². The van der Waals surface area contributed by atoms with Crippen molar-refractivity contribution in [1.82, 2.24) is 10.6 Å². The minimum Gasteiger partial charge on any atom is -0.494 e. The van der Waals surface area contributed by atoms with Gasteiger partial charge >= 0.3 is 0 Å². The summed E-state index contributed by atoms with van der Waals surface area (Å²) in [4.78, 5) is 4.56. The topological polar surface area (TPSA) is 64.1 Å². The fraction of sp³-hybridized carbons (Fsp3) is 0.632. The Labute approximate surface area is 152 Å². The molecule has 0 aliphatic heterocycles. The lowest BCUT2D eigenvalue weighted by atomic mass is 10.2. The van der Waals surface area contributed by atoms with Crippen molar-refractivity contribution in [1.29, 1.82) is 0 Å². The first-order chi connectivity index (χ1) is 12.3. The van der Waals surface area contributed by atoms with Gasteiger partial charge in [-0.05, 0) is 32.4 Å². The molecule has 0 spiro atoms. The molecule has 0 saturated carbocycles. The molecule has 6 nitrogen and oxygen atoms in total. The predicted molar refractivity (Wildman–Crippen MR) is 103 cm³/mol. The zero-order valence-corrected chi connectivity index (χ0v) is 15.8. The number of nitrogens with zero attached hydrogens (tertiary/aromatic N) is 1. The average Bonchev–Trinajstić information content (AvgIpc) is 2.62. The molecule has 0 aromatic heterocycles. The standard InChI is InChI=1S/C19H33N3O3/c1-4-20-19(21-11-5-13-24-16-15-23-3)22-12-6-14-25-18-9-7-17(2)8-10-18/h7-10H,4-6,11-16H2,1-3H3,(H2,20,21,22). The number of aryl methyl sites for hydroxylation is 1. The maximum absolute atomic E-state index is 5.71. The highest BCUT2D eigenvalue weighted by Gasteiger charge is 1.97. The van der Waals surface area contributed by atoms with Crippen molar-refractivity contribution >= 4 is 5.96 Å². The second-order valence-corrected chi connectivity index (χ2v) is 5.66. The Kier molecular flexibility index (Phi) is 12.4. The van der Waals surface area contributed by atoms with E-state index in [1.54, 1.807) is 7.11 Å². The van der Waals surface area contributed by atoms with Crippen LogP contribution in [0.15, 0.2) is 29.3 Å². The van der Waals surface area contributed by atoms with E-state index in [1.807, 2.05) is 12.1 Å². The van der Waals surface area contributed by atoms with Crippen LogP contribution in [0.25, 0.3) is 0 Å². The smallest absolute Gasteiger partial charge is 0.191 e. The van der Waals surface area contributed by atoms with Gasteiger partial charge < -0.3 is 24.8 Å². The molecule has 2 N–H and O–H groups in total. The second kappa shape index (κ2) is 14.5. The number of guanidine groups is 1. The van der Waals surface area contributed by atoms with Crippen LogP contribution in [-0.2, 0) is 9.47 Å². The summed E-state index contributed by atoms with van der Waals surface area (Å²) in [5.74, 6) is 1.75. The van der Waals surface area contributed by atoms with Crippen LogP contribution in [0.4, 0.5) is 0 Å². The molecule has 0 aliphatic carbocycles. The van der Waals surface area contributed by atoms with Crippen molar-refractivity contribution in [3.05, 3.63) is 29.8 Å². The molecule has 0 saturated heterocycles. The van der Waals surface area contributed by atoms with E-state index in [1.165, 1.54) is 5.56 Å². The third-order valence-corrected chi connectivity index (χ3v) is 3.40.